The lowest BCUT2D eigenvalue weighted by atomic mass is 10.1. The van der Waals surface area contributed by atoms with Crippen molar-refractivity contribution in [2.45, 2.75) is 5.88 Å². The lowest BCUT2D eigenvalue weighted by Crippen LogP contribution is -1.95. The van der Waals surface area contributed by atoms with Gasteiger partial charge in [-0.05, 0) is 17.7 Å². The molecule has 0 N–H and O–H groups in total. The van der Waals surface area contributed by atoms with Gasteiger partial charge < -0.3 is 4.42 Å². The Kier molecular flexibility index (Phi) is 2.07. The van der Waals surface area contributed by atoms with E-state index in [2.05, 4.69) is 0 Å². The maximum absolute atomic E-state index is 10.9. The molecule has 1 aromatic heterocycles. The molecule has 0 bridgehead atoms. The third kappa shape index (κ3) is 1.45. The van der Waals surface area contributed by atoms with Crippen LogP contribution in [-0.4, -0.2) is 0 Å². The number of hydrogen-bond acceptors (Lipinski definition) is 2. The van der Waals surface area contributed by atoms with Gasteiger partial charge in [0.05, 0.1) is 0 Å². The van der Waals surface area contributed by atoms with E-state index in [0.717, 1.165) is 10.9 Å². The Morgan fingerprint density at radius 1 is 1.23 bits per heavy atom. The van der Waals surface area contributed by atoms with Crippen LogP contribution in [0.5, 0.6) is 0 Å². The van der Waals surface area contributed by atoms with E-state index >= 15 is 0 Å². The fraction of sp³-hybridized carbons (Fsp3) is 0.100. The number of alkyl halides is 1. The number of fused-ring (bicyclic) bond motifs is 1. The van der Waals surface area contributed by atoms with Gasteiger partial charge in [-0.2, -0.15) is 0 Å². The summed E-state index contributed by atoms with van der Waals surface area (Å²) in [7, 11) is 0. The normalized spacial score (nSPS) is 10.5. The van der Waals surface area contributed by atoms with Crippen LogP contribution in [0.15, 0.2) is 39.5 Å². The summed E-state index contributed by atoms with van der Waals surface area (Å²) in [5.74, 6) is 0.422. The Bertz CT molecular complexity index is 487. The predicted molar refractivity (Wildman–Crippen MR) is 52.0 cm³/mol. The lowest BCUT2D eigenvalue weighted by Gasteiger charge is -1.99. The number of halogens is 1. The summed E-state index contributed by atoms with van der Waals surface area (Å²) < 4.78 is 4.99. The molecule has 3 heteroatoms. The number of hydrogen-bond donors (Lipinski definition) is 0. The van der Waals surface area contributed by atoms with Crippen LogP contribution in [0.25, 0.3) is 11.0 Å². The second-order valence-electron chi connectivity index (χ2n) is 2.72. The Balaban J connectivity index is 2.85. The molecule has 0 amide bonds. The van der Waals surface area contributed by atoms with E-state index in [-0.39, 0.29) is 5.63 Å². The molecule has 66 valence electrons. The van der Waals surface area contributed by atoms with Gasteiger partial charge in [0.2, 0.25) is 0 Å². The zero-order chi connectivity index (χ0) is 9.26. The van der Waals surface area contributed by atoms with Gasteiger partial charge in [0, 0.05) is 17.3 Å². The molecule has 0 atom stereocenters. The maximum Gasteiger partial charge on any atom is 0.336 e. The topological polar surface area (TPSA) is 30.2 Å². The van der Waals surface area contributed by atoms with Crippen LogP contribution in [-0.2, 0) is 5.88 Å². The predicted octanol–water partition coefficient (Wildman–Crippen LogP) is 2.53. The van der Waals surface area contributed by atoms with Gasteiger partial charge in [0.25, 0.3) is 0 Å². The van der Waals surface area contributed by atoms with Crippen molar-refractivity contribution in [1.82, 2.24) is 0 Å². The third-order valence-electron chi connectivity index (χ3n) is 1.90. The highest BCUT2D eigenvalue weighted by molar-refractivity contribution is 6.17. The summed E-state index contributed by atoms with van der Waals surface area (Å²) in [6, 6.07) is 8.63. The summed E-state index contributed by atoms with van der Waals surface area (Å²) in [5.41, 5.74) is 1.23. The molecule has 0 saturated carbocycles. The van der Waals surface area contributed by atoms with Gasteiger partial charge in [-0.25, -0.2) is 4.79 Å². The first-order valence-corrected chi connectivity index (χ1v) is 4.42. The van der Waals surface area contributed by atoms with Crippen LogP contribution in [0.1, 0.15) is 5.56 Å². The highest BCUT2D eigenvalue weighted by Crippen LogP contribution is 2.18. The molecule has 0 aliphatic heterocycles. The van der Waals surface area contributed by atoms with Crippen LogP contribution in [0.2, 0.25) is 0 Å². The first kappa shape index (κ1) is 8.32. The zero-order valence-corrected chi connectivity index (χ0v) is 7.54. The van der Waals surface area contributed by atoms with Crippen molar-refractivity contribution >= 4 is 22.6 Å². The Labute approximate surface area is 79.7 Å². The average molecular weight is 195 g/mol. The second kappa shape index (κ2) is 3.23. The van der Waals surface area contributed by atoms with Gasteiger partial charge in [0.15, 0.2) is 0 Å². The molecule has 13 heavy (non-hydrogen) atoms. The first-order valence-electron chi connectivity index (χ1n) is 3.89. The minimum absolute atomic E-state index is 0.334. The maximum atomic E-state index is 10.9. The average Bonchev–Trinajstić information content (AvgIpc) is 2.16. The lowest BCUT2D eigenvalue weighted by molar-refractivity contribution is 0.561. The SMILES string of the molecule is O=c1ccc2c(CCl)cccc2o1. The standard InChI is InChI=1S/C10H7ClO2/c11-6-7-2-1-3-9-8(7)4-5-10(12)13-9/h1-5H,6H2. The van der Waals surface area contributed by atoms with Crippen molar-refractivity contribution in [3.63, 3.8) is 0 Å². The molecule has 0 spiro atoms. The zero-order valence-electron chi connectivity index (χ0n) is 6.79. The van der Waals surface area contributed by atoms with Crippen molar-refractivity contribution < 1.29 is 4.42 Å². The highest BCUT2D eigenvalue weighted by atomic mass is 35.5. The third-order valence-corrected chi connectivity index (χ3v) is 2.18. The van der Waals surface area contributed by atoms with Crippen LogP contribution in [0.3, 0.4) is 0 Å². The Morgan fingerprint density at radius 2 is 2.08 bits per heavy atom. The fourth-order valence-corrected chi connectivity index (χ4v) is 1.51. The van der Waals surface area contributed by atoms with E-state index in [1.54, 1.807) is 12.1 Å². The minimum Gasteiger partial charge on any atom is -0.423 e. The summed E-state index contributed by atoms with van der Waals surface area (Å²) in [6.07, 6.45) is 0. The highest BCUT2D eigenvalue weighted by Gasteiger charge is 2.00. The van der Waals surface area contributed by atoms with Gasteiger partial charge in [-0.3, -0.25) is 0 Å². The van der Waals surface area contributed by atoms with Gasteiger partial charge in [0.1, 0.15) is 5.58 Å². The van der Waals surface area contributed by atoms with Crippen LogP contribution in [0.4, 0.5) is 0 Å². The van der Waals surface area contributed by atoms with Gasteiger partial charge >= 0.3 is 5.63 Å². The summed E-state index contributed by atoms with van der Waals surface area (Å²) in [4.78, 5) is 10.9. The molecular weight excluding hydrogens is 188 g/mol. The minimum atomic E-state index is -0.334. The number of rotatable bonds is 1. The molecule has 1 heterocycles. The van der Waals surface area contributed by atoms with Crippen LogP contribution < -0.4 is 5.63 Å². The molecule has 2 aromatic rings. The van der Waals surface area contributed by atoms with Crippen molar-refractivity contribution in [2.75, 3.05) is 0 Å². The molecular formula is C10H7ClO2. The quantitative estimate of drug-likeness (QED) is 0.516. The van der Waals surface area contributed by atoms with E-state index in [4.69, 9.17) is 16.0 Å². The van der Waals surface area contributed by atoms with E-state index in [0.29, 0.717) is 11.5 Å². The van der Waals surface area contributed by atoms with Crippen molar-refractivity contribution in [1.29, 1.82) is 0 Å². The molecule has 0 radical (unpaired) electrons. The molecule has 2 rings (SSSR count). The molecule has 0 saturated heterocycles. The Morgan fingerprint density at radius 3 is 2.85 bits per heavy atom. The van der Waals surface area contributed by atoms with E-state index in [9.17, 15) is 4.79 Å². The second-order valence-corrected chi connectivity index (χ2v) is 2.98. The molecule has 0 aliphatic carbocycles. The monoisotopic (exact) mass is 194 g/mol. The summed E-state index contributed by atoms with van der Waals surface area (Å²) in [5, 5.41) is 0.900. The summed E-state index contributed by atoms with van der Waals surface area (Å²) in [6.45, 7) is 0. The first-order chi connectivity index (χ1) is 6.31. The van der Waals surface area contributed by atoms with E-state index < -0.39 is 0 Å². The molecule has 1 aromatic carbocycles. The molecule has 0 unspecified atom stereocenters. The van der Waals surface area contributed by atoms with Crippen molar-refractivity contribution in [3.05, 3.63) is 46.3 Å². The largest absolute Gasteiger partial charge is 0.423 e. The van der Waals surface area contributed by atoms with Crippen molar-refractivity contribution in [3.8, 4) is 0 Å². The molecule has 0 aliphatic rings. The van der Waals surface area contributed by atoms with E-state index in [1.165, 1.54) is 6.07 Å². The van der Waals surface area contributed by atoms with Crippen molar-refractivity contribution in [2.24, 2.45) is 0 Å². The summed E-state index contributed by atoms with van der Waals surface area (Å²) >= 11 is 5.73. The molecule has 0 fully saturated rings. The number of benzene rings is 1. The smallest absolute Gasteiger partial charge is 0.336 e. The fourth-order valence-electron chi connectivity index (χ4n) is 1.28. The molecule has 2 nitrogen and oxygen atoms in total. The van der Waals surface area contributed by atoms with Gasteiger partial charge in [-0.15, -0.1) is 11.6 Å². The van der Waals surface area contributed by atoms with Gasteiger partial charge in [-0.1, -0.05) is 12.1 Å². The Hall–Kier alpha value is -1.28. The van der Waals surface area contributed by atoms with Crippen LogP contribution in [0, 0.1) is 0 Å². The van der Waals surface area contributed by atoms with Crippen LogP contribution >= 0.6 is 11.6 Å². The van der Waals surface area contributed by atoms with E-state index in [1.807, 2.05) is 12.1 Å².